The van der Waals surface area contributed by atoms with E-state index in [4.69, 9.17) is 4.43 Å². The maximum Gasteiger partial charge on any atom is 0.242 e. The predicted octanol–water partition coefficient (Wildman–Crippen LogP) is 3.45. The molecule has 11 heavy (non-hydrogen) atoms. The summed E-state index contributed by atoms with van der Waals surface area (Å²) in [5.74, 6) is 1.09. The Balaban J connectivity index is 3.90. The van der Waals surface area contributed by atoms with E-state index >= 15 is 0 Å². The van der Waals surface area contributed by atoms with Gasteiger partial charge in [0.15, 0.2) is 0 Å². The minimum absolute atomic E-state index is 1.09. The van der Waals surface area contributed by atoms with E-state index in [1.807, 2.05) is 13.0 Å². The number of allylic oxidation sites excluding steroid dienone is 1. The summed E-state index contributed by atoms with van der Waals surface area (Å²) >= 11 is 1.78. The van der Waals surface area contributed by atoms with Crippen LogP contribution in [0.3, 0.4) is 0 Å². The minimum atomic E-state index is -1.37. The van der Waals surface area contributed by atoms with Gasteiger partial charge in [-0.1, -0.05) is 18.7 Å². The van der Waals surface area contributed by atoms with E-state index in [1.165, 1.54) is 0 Å². The number of thioether (sulfide) groups is 1. The van der Waals surface area contributed by atoms with Crippen molar-refractivity contribution in [2.45, 2.75) is 33.5 Å². The van der Waals surface area contributed by atoms with Crippen LogP contribution in [0.4, 0.5) is 0 Å². The zero-order valence-electron chi connectivity index (χ0n) is 8.10. The van der Waals surface area contributed by atoms with Crippen LogP contribution in [0.1, 0.15) is 13.8 Å². The van der Waals surface area contributed by atoms with Gasteiger partial charge >= 0.3 is 0 Å². The van der Waals surface area contributed by atoms with Gasteiger partial charge in [0.05, 0.1) is 0 Å². The SMILES string of the molecule is C/C=C(\O[Si](C)(C)C)SCC. The Bertz CT molecular complexity index is 138. The largest absolute Gasteiger partial charge is 0.540 e. The second-order valence-corrected chi connectivity index (χ2v) is 8.95. The molecule has 0 aromatic rings. The Morgan fingerprint density at radius 3 is 2.27 bits per heavy atom. The van der Waals surface area contributed by atoms with Gasteiger partial charge in [-0.15, -0.1) is 0 Å². The maximum absolute atomic E-state index is 5.79. The summed E-state index contributed by atoms with van der Waals surface area (Å²) in [7, 11) is -1.37. The monoisotopic (exact) mass is 190 g/mol. The molecule has 0 aliphatic heterocycles. The summed E-state index contributed by atoms with van der Waals surface area (Å²) in [5.41, 5.74) is 0. The minimum Gasteiger partial charge on any atom is -0.540 e. The fraction of sp³-hybridized carbons (Fsp3) is 0.750. The Morgan fingerprint density at radius 1 is 1.45 bits per heavy atom. The van der Waals surface area contributed by atoms with Crippen molar-refractivity contribution in [1.82, 2.24) is 0 Å². The van der Waals surface area contributed by atoms with Crippen molar-refractivity contribution in [1.29, 1.82) is 0 Å². The average molecular weight is 190 g/mol. The molecule has 0 spiro atoms. The van der Waals surface area contributed by atoms with Crippen LogP contribution >= 0.6 is 11.8 Å². The van der Waals surface area contributed by atoms with E-state index in [0.717, 1.165) is 10.8 Å². The molecule has 0 aliphatic rings. The van der Waals surface area contributed by atoms with Gasteiger partial charge in [0, 0.05) is 0 Å². The van der Waals surface area contributed by atoms with Crippen molar-refractivity contribution < 1.29 is 4.43 Å². The Morgan fingerprint density at radius 2 is 2.00 bits per heavy atom. The molecule has 0 unspecified atom stereocenters. The van der Waals surface area contributed by atoms with Crippen molar-refractivity contribution in [3.05, 3.63) is 11.2 Å². The third-order valence-corrected chi connectivity index (χ3v) is 2.80. The normalized spacial score (nSPS) is 13.4. The molecule has 0 fully saturated rings. The molecule has 0 saturated carbocycles. The quantitative estimate of drug-likeness (QED) is 0.496. The van der Waals surface area contributed by atoms with E-state index in [2.05, 4.69) is 26.6 Å². The third kappa shape index (κ3) is 6.50. The fourth-order valence-corrected chi connectivity index (χ4v) is 2.77. The Kier molecular flexibility index (Phi) is 4.93. The highest BCUT2D eigenvalue weighted by Gasteiger charge is 2.16. The van der Waals surface area contributed by atoms with Gasteiger partial charge in [-0.2, -0.15) is 0 Å². The van der Waals surface area contributed by atoms with Crippen LogP contribution < -0.4 is 0 Å². The van der Waals surface area contributed by atoms with Crippen LogP contribution in [-0.4, -0.2) is 14.1 Å². The molecule has 0 heterocycles. The molecule has 0 N–H and O–H groups in total. The van der Waals surface area contributed by atoms with Crippen LogP contribution in [0, 0.1) is 0 Å². The van der Waals surface area contributed by atoms with Gasteiger partial charge in [0.25, 0.3) is 0 Å². The highest BCUT2D eigenvalue weighted by Crippen LogP contribution is 2.20. The summed E-state index contributed by atoms with van der Waals surface area (Å²) in [6.07, 6.45) is 2.05. The van der Waals surface area contributed by atoms with Gasteiger partial charge in [0.1, 0.15) is 5.09 Å². The molecule has 0 atom stereocenters. The first-order valence-electron chi connectivity index (χ1n) is 3.97. The summed E-state index contributed by atoms with van der Waals surface area (Å²) in [4.78, 5) is 0. The second kappa shape index (κ2) is 4.88. The van der Waals surface area contributed by atoms with Gasteiger partial charge in [-0.3, -0.25) is 0 Å². The molecule has 3 heteroatoms. The average Bonchev–Trinajstić information content (AvgIpc) is 1.84. The first-order valence-corrected chi connectivity index (χ1v) is 8.37. The number of hydrogen-bond acceptors (Lipinski definition) is 2. The summed E-state index contributed by atoms with van der Waals surface area (Å²) in [6.45, 7) is 10.8. The molecule has 0 aromatic carbocycles. The zero-order chi connectivity index (χ0) is 8.91. The molecule has 0 amide bonds. The van der Waals surface area contributed by atoms with E-state index in [1.54, 1.807) is 11.8 Å². The molecule has 0 saturated heterocycles. The second-order valence-electron chi connectivity index (χ2n) is 3.26. The first kappa shape index (κ1) is 11.1. The lowest BCUT2D eigenvalue weighted by Gasteiger charge is -2.20. The Labute approximate surface area is 75.3 Å². The van der Waals surface area contributed by atoms with E-state index in [9.17, 15) is 0 Å². The summed E-state index contributed by atoms with van der Waals surface area (Å²) < 4.78 is 5.79. The van der Waals surface area contributed by atoms with Crippen LogP contribution in [0.25, 0.3) is 0 Å². The number of rotatable bonds is 4. The van der Waals surface area contributed by atoms with Crippen LogP contribution in [0.15, 0.2) is 11.2 Å². The van der Waals surface area contributed by atoms with Gasteiger partial charge in [-0.25, -0.2) is 0 Å². The molecule has 0 radical (unpaired) electrons. The Hall–Kier alpha value is 0.107. The van der Waals surface area contributed by atoms with Crippen molar-refractivity contribution >= 4 is 20.1 Å². The molecular weight excluding hydrogens is 172 g/mol. The fourth-order valence-electron chi connectivity index (χ4n) is 0.616. The van der Waals surface area contributed by atoms with Crippen molar-refractivity contribution in [3.63, 3.8) is 0 Å². The highest BCUT2D eigenvalue weighted by atomic mass is 32.2. The van der Waals surface area contributed by atoms with E-state index in [-0.39, 0.29) is 0 Å². The molecular formula is C8H18OSSi. The van der Waals surface area contributed by atoms with Crippen LogP contribution in [0.2, 0.25) is 19.6 Å². The standard InChI is InChI=1S/C8H18OSSi/c1-6-8(10-7-2)9-11(3,4)5/h6H,7H2,1-5H3/b8-6+. The van der Waals surface area contributed by atoms with E-state index in [0.29, 0.717) is 0 Å². The lowest BCUT2D eigenvalue weighted by atomic mass is 10.7. The zero-order valence-corrected chi connectivity index (χ0v) is 9.92. The van der Waals surface area contributed by atoms with Crippen molar-refractivity contribution in [3.8, 4) is 0 Å². The smallest absolute Gasteiger partial charge is 0.242 e. The third-order valence-electron chi connectivity index (χ3n) is 0.929. The molecule has 66 valence electrons. The summed E-state index contributed by atoms with van der Waals surface area (Å²) in [5, 5.41) is 1.09. The van der Waals surface area contributed by atoms with Gasteiger partial charge in [0.2, 0.25) is 8.32 Å². The van der Waals surface area contributed by atoms with E-state index < -0.39 is 8.32 Å². The predicted molar refractivity (Wildman–Crippen MR) is 56.3 cm³/mol. The number of hydrogen-bond donors (Lipinski definition) is 0. The topological polar surface area (TPSA) is 9.23 Å². The lowest BCUT2D eigenvalue weighted by molar-refractivity contribution is 0.463. The maximum atomic E-state index is 5.79. The summed E-state index contributed by atoms with van der Waals surface area (Å²) in [6, 6.07) is 0. The lowest BCUT2D eigenvalue weighted by Crippen LogP contribution is -2.24. The molecule has 1 nitrogen and oxygen atoms in total. The first-order chi connectivity index (χ1) is 4.99. The van der Waals surface area contributed by atoms with Gasteiger partial charge in [-0.05, 0) is 38.4 Å². The van der Waals surface area contributed by atoms with Crippen molar-refractivity contribution in [2.75, 3.05) is 5.75 Å². The highest BCUT2D eigenvalue weighted by molar-refractivity contribution is 8.02. The van der Waals surface area contributed by atoms with Crippen molar-refractivity contribution in [2.24, 2.45) is 0 Å². The molecule has 0 bridgehead atoms. The molecule has 0 aliphatic carbocycles. The van der Waals surface area contributed by atoms with Crippen LogP contribution in [-0.2, 0) is 4.43 Å². The molecule has 0 aromatic heterocycles. The van der Waals surface area contributed by atoms with Crippen LogP contribution in [0.5, 0.6) is 0 Å². The molecule has 0 rings (SSSR count). The van der Waals surface area contributed by atoms with Gasteiger partial charge < -0.3 is 4.43 Å².